The Balaban J connectivity index is 1.56. The lowest BCUT2D eigenvalue weighted by atomic mass is 10.0. The van der Waals surface area contributed by atoms with Crippen LogP contribution in [-0.4, -0.2) is 49.8 Å². The molecule has 6 nitrogen and oxygen atoms in total. The monoisotopic (exact) mass is 536 g/mol. The van der Waals surface area contributed by atoms with Crippen LogP contribution in [-0.2, 0) is 21.2 Å². The fourth-order valence-electron chi connectivity index (χ4n) is 4.14. The molecule has 10 heteroatoms. The molecule has 0 N–H and O–H groups in total. The van der Waals surface area contributed by atoms with E-state index < -0.39 is 21.9 Å². The van der Waals surface area contributed by atoms with Crippen molar-refractivity contribution in [3.8, 4) is 5.75 Å². The van der Waals surface area contributed by atoms with Crippen molar-refractivity contribution in [1.29, 1.82) is 0 Å². The summed E-state index contributed by atoms with van der Waals surface area (Å²) >= 11 is 7.52. The minimum atomic E-state index is -3.89. The third-order valence-corrected chi connectivity index (χ3v) is 8.99. The van der Waals surface area contributed by atoms with Crippen LogP contribution >= 0.6 is 22.9 Å². The minimum Gasteiger partial charge on any atom is -0.488 e. The Labute approximate surface area is 213 Å². The number of ether oxygens (including phenoxy) is 1. The van der Waals surface area contributed by atoms with Crippen LogP contribution in [0.5, 0.6) is 5.75 Å². The largest absolute Gasteiger partial charge is 0.488 e. The zero-order chi connectivity index (χ0) is 25.0. The second-order valence-electron chi connectivity index (χ2n) is 8.19. The fourth-order valence-corrected chi connectivity index (χ4v) is 6.67. The normalized spacial score (nSPS) is 15.8. The van der Waals surface area contributed by atoms with Crippen LogP contribution in [0.4, 0.5) is 4.39 Å². The third kappa shape index (κ3) is 5.69. The van der Waals surface area contributed by atoms with Crippen molar-refractivity contribution in [2.24, 2.45) is 0 Å². The van der Waals surface area contributed by atoms with Gasteiger partial charge in [0, 0.05) is 23.0 Å². The maximum Gasteiger partial charge on any atom is 0.243 e. The number of carbonyl (C=O) groups excluding carboxylic acids is 1. The van der Waals surface area contributed by atoms with Crippen molar-refractivity contribution in [1.82, 2.24) is 9.21 Å². The number of halogens is 2. The van der Waals surface area contributed by atoms with E-state index in [1.54, 1.807) is 34.4 Å². The number of sulfonamides is 1. The van der Waals surface area contributed by atoms with Crippen molar-refractivity contribution >= 4 is 38.9 Å². The van der Waals surface area contributed by atoms with Crippen molar-refractivity contribution in [3.63, 3.8) is 0 Å². The summed E-state index contributed by atoms with van der Waals surface area (Å²) in [5.74, 6) is -0.690. The van der Waals surface area contributed by atoms with Crippen LogP contribution in [0.2, 0.25) is 5.02 Å². The zero-order valence-electron chi connectivity index (χ0n) is 19.2. The minimum absolute atomic E-state index is 0.0636. The fraction of sp³-hybridized carbons (Fsp3) is 0.320. The molecule has 0 unspecified atom stereocenters. The molecule has 1 amide bonds. The third-order valence-electron chi connectivity index (χ3n) is 5.88. The molecule has 186 valence electrons. The summed E-state index contributed by atoms with van der Waals surface area (Å²) < 4.78 is 47.7. The summed E-state index contributed by atoms with van der Waals surface area (Å²) in [5.41, 5.74) is 0.952. The van der Waals surface area contributed by atoms with Crippen LogP contribution in [0.3, 0.4) is 0 Å². The van der Waals surface area contributed by atoms with Crippen molar-refractivity contribution < 1.29 is 22.3 Å². The van der Waals surface area contributed by atoms with E-state index in [0.717, 1.165) is 10.4 Å². The number of rotatable bonds is 9. The van der Waals surface area contributed by atoms with Gasteiger partial charge in [-0.3, -0.25) is 4.79 Å². The van der Waals surface area contributed by atoms with E-state index in [0.29, 0.717) is 24.4 Å². The number of benzene rings is 2. The Morgan fingerprint density at radius 1 is 1.20 bits per heavy atom. The Morgan fingerprint density at radius 3 is 2.66 bits per heavy atom. The molecule has 1 aliphatic rings. The molecule has 4 rings (SSSR count). The predicted octanol–water partition coefficient (Wildman–Crippen LogP) is 5.15. The van der Waals surface area contributed by atoms with Gasteiger partial charge in [-0.25, -0.2) is 12.8 Å². The molecule has 2 aromatic carbocycles. The smallest absolute Gasteiger partial charge is 0.243 e. The van der Waals surface area contributed by atoms with E-state index in [1.807, 2.05) is 18.4 Å². The first-order chi connectivity index (χ1) is 16.8. The average molecular weight is 537 g/mol. The first-order valence-electron chi connectivity index (χ1n) is 11.3. The number of carbonyl (C=O) groups is 1. The number of hydrogen-bond donors (Lipinski definition) is 0. The molecule has 1 aliphatic heterocycles. The molecule has 35 heavy (non-hydrogen) atoms. The quantitative estimate of drug-likeness (QED) is 0.379. The van der Waals surface area contributed by atoms with E-state index in [2.05, 4.69) is 0 Å². The predicted molar refractivity (Wildman–Crippen MR) is 135 cm³/mol. The van der Waals surface area contributed by atoms with Crippen molar-refractivity contribution in [3.05, 3.63) is 81.3 Å². The first-order valence-corrected chi connectivity index (χ1v) is 14.0. The molecule has 3 aromatic rings. The van der Waals surface area contributed by atoms with Gasteiger partial charge < -0.3 is 9.64 Å². The van der Waals surface area contributed by atoms with E-state index in [-0.39, 0.29) is 36.2 Å². The maximum absolute atomic E-state index is 14.1. The summed E-state index contributed by atoms with van der Waals surface area (Å²) in [5, 5.41) is 2.39. The van der Waals surface area contributed by atoms with Gasteiger partial charge in [-0.1, -0.05) is 30.7 Å². The molecule has 0 spiro atoms. The van der Waals surface area contributed by atoms with Crippen molar-refractivity contribution in [2.45, 2.75) is 30.7 Å². The van der Waals surface area contributed by atoms with Gasteiger partial charge >= 0.3 is 0 Å². The van der Waals surface area contributed by atoms with Gasteiger partial charge in [-0.15, -0.1) is 11.3 Å². The molecule has 0 fully saturated rings. The van der Waals surface area contributed by atoms with Gasteiger partial charge in [0.05, 0.1) is 17.5 Å². The van der Waals surface area contributed by atoms with Crippen LogP contribution in [0, 0.1) is 5.82 Å². The second-order valence-corrected chi connectivity index (χ2v) is 11.6. The SMILES string of the molecule is CCCN(CC(=O)N1CCc2sccc2[C@@H]1COc1ccccc1F)S(=O)(=O)c1ccc(Cl)cc1. The number of fused-ring (bicyclic) bond motifs is 1. The molecule has 0 bridgehead atoms. The summed E-state index contributed by atoms with van der Waals surface area (Å²) in [7, 11) is -3.89. The second kappa shape index (κ2) is 11.1. The Morgan fingerprint density at radius 2 is 1.94 bits per heavy atom. The lowest BCUT2D eigenvalue weighted by molar-refractivity contribution is -0.135. The van der Waals surface area contributed by atoms with E-state index >= 15 is 0 Å². The Hall–Kier alpha value is -2.46. The summed E-state index contributed by atoms with van der Waals surface area (Å²) in [6.45, 7) is 2.25. The Bertz CT molecular complexity index is 1280. The number of thiophene rings is 1. The average Bonchev–Trinajstić information content (AvgIpc) is 3.32. The van der Waals surface area contributed by atoms with Crippen LogP contribution in [0.25, 0.3) is 0 Å². The summed E-state index contributed by atoms with van der Waals surface area (Å²) in [6, 6.07) is 13.5. The number of hydrogen-bond acceptors (Lipinski definition) is 5. The lowest BCUT2D eigenvalue weighted by Crippen LogP contribution is -2.48. The van der Waals surface area contributed by atoms with E-state index in [1.165, 1.54) is 34.6 Å². The van der Waals surface area contributed by atoms with Gasteiger partial charge in [0.25, 0.3) is 0 Å². The molecular weight excluding hydrogens is 511 g/mol. The highest BCUT2D eigenvalue weighted by Gasteiger charge is 2.35. The summed E-state index contributed by atoms with van der Waals surface area (Å²) in [6.07, 6.45) is 1.22. The molecular formula is C25H26ClFN2O4S2. The molecule has 1 atom stereocenters. The van der Waals surface area contributed by atoms with Gasteiger partial charge in [0.15, 0.2) is 11.6 Å². The van der Waals surface area contributed by atoms with Gasteiger partial charge in [0.2, 0.25) is 15.9 Å². The lowest BCUT2D eigenvalue weighted by Gasteiger charge is -2.37. The molecule has 2 heterocycles. The van der Waals surface area contributed by atoms with Crippen LogP contribution in [0.15, 0.2) is 64.9 Å². The van der Waals surface area contributed by atoms with Crippen molar-refractivity contribution in [2.75, 3.05) is 26.2 Å². The standard InChI is InChI=1S/C25H26ClFN2O4S2/c1-2-13-28(35(31,32)19-9-7-18(26)8-10-19)16-25(30)29-14-11-24-20(12-15-34-24)22(29)17-33-23-6-4-3-5-21(23)27/h3-10,12,15,22H,2,11,13-14,16-17H2,1H3/t22-/m0/s1. The molecule has 1 aromatic heterocycles. The number of nitrogens with zero attached hydrogens (tertiary/aromatic N) is 2. The first kappa shape index (κ1) is 25.6. The van der Waals surface area contributed by atoms with Gasteiger partial charge in [-0.2, -0.15) is 4.31 Å². The highest BCUT2D eigenvalue weighted by Crippen LogP contribution is 2.34. The molecule has 0 saturated carbocycles. The number of amides is 1. The Kier molecular flexibility index (Phi) is 8.11. The summed E-state index contributed by atoms with van der Waals surface area (Å²) in [4.78, 5) is 16.4. The van der Waals surface area contributed by atoms with Crippen LogP contribution < -0.4 is 4.74 Å². The van der Waals surface area contributed by atoms with Gasteiger partial charge in [-0.05, 0) is 66.2 Å². The topological polar surface area (TPSA) is 66.9 Å². The maximum atomic E-state index is 14.1. The van der Waals surface area contributed by atoms with Gasteiger partial charge in [0.1, 0.15) is 6.61 Å². The number of para-hydroxylation sites is 1. The zero-order valence-corrected chi connectivity index (χ0v) is 21.6. The van der Waals surface area contributed by atoms with E-state index in [9.17, 15) is 17.6 Å². The van der Waals surface area contributed by atoms with Crippen LogP contribution in [0.1, 0.15) is 29.8 Å². The van der Waals surface area contributed by atoms with E-state index in [4.69, 9.17) is 16.3 Å². The molecule has 0 radical (unpaired) electrons. The molecule has 0 aliphatic carbocycles. The highest BCUT2D eigenvalue weighted by atomic mass is 35.5. The molecule has 0 saturated heterocycles. The highest BCUT2D eigenvalue weighted by molar-refractivity contribution is 7.89.